The van der Waals surface area contributed by atoms with Crippen LogP contribution in [0.3, 0.4) is 0 Å². The molecule has 2 aromatic heterocycles. The summed E-state index contributed by atoms with van der Waals surface area (Å²) >= 11 is 5.84. The Morgan fingerprint density at radius 2 is 2.00 bits per heavy atom. The van der Waals surface area contributed by atoms with Gasteiger partial charge in [0.15, 0.2) is 11.6 Å². The number of anilines is 1. The number of aromatic amines is 1. The van der Waals surface area contributed by atoms with Gasteiger partial charge in [-0.2, -0.15) is 5.10 Å². The first kappa shape index (κ1) is 14.1. The van der Waals surface area contributed by atoms with E-state index in [0.717, 1.165) is 5.56 Å². The van der Waals surface area contributed by atoms with Crippen molar-refractivity contribution >= 4 is 23.3 Å². The summed E-state index contributed by atoms with van der Waals surface area (Å²) in [5.41, 5.74) is 1.71. The highest BCUT2D eigenvalue weighted by Crippen LogP contribution is 2.22. The fraction of sp³-hybridized carbons (Fsp3) is 0. The monoisotopic (exact) mass is 314 g/mol. The van der Waals surface area contributed by atoms with E-state index in [2.05, 4.69) is 20.5 Å². The number of hydrogen-bond acceptors (Lipinski definition) is 4. The zero-order chi connectivity index (χ0) is 15.5. The largest absolute Gasteiger partial charge is 0.504 e. The highest BCUT2D eigenvalue weighted by Gasteiger charge is 2.13. The molecule has 0 unspecified atom stereocenters. The summed E-state index contributed by atoms with van der Waals surface area (Å²) in [5.74, 6) is -0.454. The number of nitrogens with one attached hydrogen (secondary N) is 2. The number of amides is 1. The van der Waals surface area contributed by atoms with Gasteiger partial charge in [0.1, 0.15) is 5.69 Å². The first-order chi connectivity index (χ1) is 10.6. The number of aromatic nitrogens is 3. The fourth-order valence-electron chi connectivity index (χ4n) is 1.87. The number of pyridine rings is 1. The van der Waals surface area contributed by atoms with Gasteiger partial charge >= 0.3 is 0 Å². The molecule has 0 atom stereocenters. The molecule has 0 aliphatic rings. The Morgan fingerprint density at radius 1 is 1.23 bits per heavy atom. The summed E-state index contributed by atoms with van der Waals surface area (Å²) in [6.45, 7) is 0. The van der Waals surface area contributed by atoms with Gasteiger partial charge in [-0.3, -0.25) is 9.89 Å². The molecular formula is C15H11ClN4O2. The van der Waals surface area contributed by atoms with Crippen LogP contribution >= 0.6 is 11.6 Å². The van der Waals surface area contributed by atoms with Crippen LogP contribution < -0.4 is 5.32 Å². The lowest BCUT2D eigenvalue weighted by Crippen LogP contribution is -2.13. The summed E-state index contributed by atoms with van der Waals surface area (Å²) in [5, 5.41) is 19.5. The second-order valence-corrected chi connectivity index (χ2v) is 4.94. The molecule has 3 aromatic rings. The number of halogens is 1. The first-order valence-electron chi connectivity index (χ1n) is 6.40. The molecule has 0 fully saturated rings. The molecule has 110 valence electrons. The van der Waals surface area contributed by atoms with Crippen molar-refractivity contribution in [2.45, 2.75) is 0 Å². The van der Waals surface area contributed by atoms with Gasteiger partial charge in [0.05, 0.1) is 5.69 Å². The number of aromatic hydroxyl groups is 1. The minimum atomic E-state index is -0.443. The van der Waals surface area contributed by atoms with Crippen molar-refractivity contribution in [1.29, 1.82) is 0 Å². The molecule has 0 aliphatic heterocycles. The van der Waals surface area contributed by atoms with Crippen molar-refractivity contribution in [1.82, 2.24) is 15.2 Å². The van der Waals surface area contributed by atoms with E-state index in [1.165, 1.54) is 12.3 Å². The number of benzene rings is 1. The number of hydrogen-bond donors (Lipinski definition) is 3. The van der Waals surface area contributed by atoms with Gasteiger partial charge in [0, 0.05) is 16.8 Å². The van der Waals surface area contributed by atoms with E-state index in [1.54, 1.807) is 24.3 Å². The van der Waals surface area contributed by atoms with Crippen molar-refractivity contribution in [2.75, 3.05) is 5.32 Å². The predicted molar refractivity (Wildman–Crippen MR) is 82.9 cm³/mol. The van der Waals surface area contributed by atoms with Crippen LogP contribution in [0.5, 0.6) is 5.75 Å². The molecule has 0 saturated heterocycles. The van der Waals surface area contributed by atoms with E-state index in [9.17, 15) is 9.90 Å². The van der Waals surface area contributed by atoms with Gasteiger partial charge < -0.3 is 10.4 Å². The molecule has 1 amide bonds. The first-order valence-corrected chi connectivity index (χ1v) is 6.78. The maximum absolute atomic E-state index is 12.1. The third-order valence-electron chi connectivity index (χ3n) is 2.98. The van der Waals surface area contributed by atoms with E-state index < -0.39 is 5.91 Å². The Labute approximate surface area is 130 Å². The molecule has 22 heavy (non-hydrogen) atoms. The van der Waals surface area contributed by atoms with Crippen LogP contribution in [-0.4, -0.2) is 26.2 Å². The molecule has 0 spiro atoms. The van der Waals surface area contributed by atoms with Gasteiger partial charge in [-0.1, -0.05) is 23.7 Å². The Kier molecular flexibility index (Phi) is 3.76. The van der Waals surface area contributed by atoms with Crippen molar-refractivity contribution in [3.8, 4) is 17.0 Å². The third-order valence-corrected chi connectivity index (χ3v) is 3.23. The molecule has 0 radical (unpaired) electrons. The lowest BCUT2D eigenvalue weighted by Gasteiger charge is -2.03. The highest BCUT2D eigenvalue weighted by molar-refractivity contribution is 6.30. The number of nitrogens with zero attached hydrogens (tertiary/aromatic N) is 2. The molecule has 0 aliphatic carbocycles. The van der Waals surface area contributed by atoms with Gasteiger partial charge in [0.2, 0.25) is 0 Å². The summed E-state index contributed by atoms with van der Waals surface area (Å²) in [6, 6.07) is 11.7. The minimum absolute atomic E-state index is 0.0927. The molecule has 3 rings (SSSR count). The zero-order valence-corrected chi connectivity index (χ0v) is 12.0. The number of H-pyrrole nitrogens is 1. The van der Waals surface area contributed by atoms with E-state index in [0.29, 0.717) is 10.7 Å². The molecular weight excluding hydrogens is 304 g/mol. The summed E-state index contributed by atoms with van der Waals surface area (Å²) in [7, 11) is 0. The van der Waals surface area contributed by atoms with Crippen LogP contribution in [0.2, 0.25) is 5.02 Å². The van der Waals surface area contributed by atoms with Gasteiger partial charge in [-0.05, 0) is 30.3 Å². The highest BCUT2D eigenvalue weighted by atomic mass is 35.5. The normalized spacial score (nSPS) is 10.4. The predicted octanol–water partition coefficient (Wildman–Crippen LogP) is 3.08. The van der Waals surface area contributed by atoms with E-state index >= 15 is 0 Å². The van der Waals surface area contributed by atoms with Crippen molar-refractivity contribution in [3.05, 3.63) is 59.4 Å². The maximum Gasteiger partial charge on any atom is 0.274 e. The lowest BCUT2D eigenvalue weighted by molar-refractivity contribution is 0.102. The van der Waals surface area contributed by atoms with E-state index in [-0.39, 0.29) is 17.3 Å². The summed E-state index contributed by atoms with van der Waals surface area (Å²) in [6.07, 6.45) is 1.47. The maximum atomic E-state index is 12.1. The summed E-state index contributed by atoms with van der Waals surface area (Å²) in [4.78, 5) is 16.0. The fourth-order valence-corrected chi connectivity index (χ4v) is 2.00. The molecule has 3 N–H and O–H groups in total. The van der Waals surface area contributed by atoms with Gasteiger partial charge in [-0.25, -0.2) is 4.98 Å². The van der Waals surface area contributed by atoms with Crippen molar-refractivity contribution < 1.29 is 9.90 Å². The average molecular weight is 315 g/mol. The molecule has 7 heteroatoms. The van der Waals surface area contributed by atoms with Gasteiger partial charge in [-0.15, -0.1) is 0 Å². The Bertz CT molecular complexity index is 814. The van der Waals surface area contributed by atoms with Crippen molar-refractivity contribution in [2.24, 2.45) is 0 Å². The molecule has 6 nitrogen and oxygen atoms in total. The Morgan fingerprint density at radius 3 is 2.73 bits per heavy atom. The van der Waals surface area contributed by atoms with Crippen LogP contribution in [0.15, 0.2) is 48.7 Å². The van der Waals surface area contributed by atoms with E-state index in [4.69, 9.17) is 11.6 Å². The Balaban J connectivity index is 1.80. The second kappa shape index (κ2) is 5.87. The third kappa shape index (κ3) is 2.91. The lowest BCUT2D eigenvalue weighted by atomic mass is 10.1. The summed E-state index contributed by atoms with van der Waals surface area (Å²) < 4.78 is 0. The SMILES string of the molecule is O=C(Nc1ncccc1O)c1cc(-c2ccc(Cl)cc2)n[nH]1. The topological polar surface area (TPSA) is 90.9 Å². The molecule has 0 saturated carbocycles. The minimum Gasteiger partial charge on any atom is -0.504 e. The smallest absolute Gasteiger partial charge is 0.274 e. The number of carbonyl (C=O) groups is 1. The number of carbonyl (C=O) groups excluding carboxylic acids is 1. The Hall–Kier alpha value is -2.86. The van der Waals surface area contributed by atoms with Crippen LogP contribution in [0.4, 0.5) is 5.82 Å². The quantitative estimate of drug-likeness (QED) is 0.693. The molecule has 2 heterocycles. The molecule has 1 aromatic carbocycles. The zero-order valence-electron chi connectivity index (χ0n) is 11.2. The van der Waals surface area contributed by atoms with Crippen LogP contribution in [0, 0.1) is 0 Å². The molecule has 0 bridgehead atoms. The van der Waals surface area contributed by atoms with E-state index in [1.807, 2.05) is 12.1 Å². The average Bonchev–Trinajstić information content (AvgIpc) is 3.00. The standard InChI is InChI=1S/C15H11ClN4O2/c16-10-5-3-9(4-6-10)11-8-12(20-19-11)15(22)18-14-13(21)2-1-7-17-14/h1-8,21H,(H,19,20)(H,17,18,22). The van der Waals surface area contributed by atoms with Crippen LogP contribution in [0.1, 0.15) is 10.5 Å². The van der Waals surface area contributed by atoms with Crippen molar-refractivity contribution in [3.63, 3.8) is 0 Å². The number of rotatable bonds is 3. The van der Waals surface area contributed by atoms with Crippen LogP contribution in [0.25, 0.3) is 11.3 Å². The van der Waals surface area contributed by atoms with Crippen LogP contribution in [-0.2, 0) is 0 Å². The van der Waals surface area contributed by atoms with Gasteiger partial charge in [0.25, 0.3) is 5.91 Å². The second-order valence-electron chi connectivity index (χ2n) is 4.50.